The van der Waals surface area contributed by atoms with Crippen LogP contribution in [0.3, 0.4) is 0 Å². The fourth-order valence-electron chi connectivity index (χ4n) is 3.75. The maximum atomic E-state index is 12.2. The van der Waals surface area contributed by atoms with Gasteiger partial charge in [0.15, 0.2) is 0 Å². The highest BCUT2D eigenvalue weighted by Crippen LogP contribution is 2.31. The number of carbonyl (C=O) groups excluding carboxylic acids is 1. The van der Waals surface area contributed by atoms with Crippen LogP contribution in [0.5, 0.6) is 0 Å². The van der Waals surface area contributed by atoms with Crippen LogP contribution in [0.25, 0.3) is 0 Å². The molecule has 0 amide bonds. The largest absolute Gasteiger partial charge is 0.373 e. The van der Waals surface area contributed by atoms with Gasteiger partial charge in [0.25, 0.3) is 0 Å². The van der Waals surface area contributed by atoms with Crippen LogP contribution in [0.15, 0.2) is 36.5 Å². The molecule has 2 rings (SSSR count). The van der Waals surface area contributed by atoms with Crippen LogP contribution in [-0.4, -0.2) is 20.1 Å². The zero-order valence-corrected chi connectivity index (χ0v) is 17.1. The van der Waals surface area contributed by atoms with Crippen molar-refractivity contribution in [3.05, 3.63) is 42.1 Å². The summed E-state index contributed by atoms with van der Waals surface area (Å²) in [6, 6.07) is 10.1. The molecule has 0 spiro atoms. The minimum absolute atomic E-state index is 0.0235. The Kier molecular flexibility index (Phi) is 7.02. The Morgan fingerprint density at radius 3 is 2.32 bits per heavy atom. The molecule has 1 fully saturated rings. The third kappa shape index (κ3) is 4.62. The van der Waals surface area contributed by atoms with Gasteiger partial charge in [0.1, 0.15) is 14.2 Å². The molecule has 0 N–H and O–H groups in total. The normalized spacial score (nSPS) is 23.9. The average molecular weight is 361 g/mol. The third-order valence-electron chi connectivity index (χ3n) is 6.16. The van der Waals surface area contributed by atoms with E-state index < -0.39 is 14.0 Å². The van der Waals surface area contributed by atoms with E-state index in [0.717, 1.165) is 37.3 Å². The fourth-order valence-corrected chi connectivity index (χ4v) is 6.71. The van der Waals surface area contributed by atoms with Crippen molar-refractivity contribution < 1.29 is 14.6 Å². The van der Waals surface area contributed by atoms with Crippen LogP contribution in [0.2, 0.25) is 12.1 Å². The Labute approximate surface area is 153 Å². The molecule has 25 heavy (non-hydrogen) atoms. The summed E-state index contributed by atoms with van der Waals surface area (Å²) < 4.78 is 0. The van der Waals surface area contributed by atoms with Gasteiger partial charge in [-0.15, -0.1) is 6.58 Å². The summed E-state index contributed by atoms with van der Waals surface area (Å²) in [5.41, 5.74) is 2.69. The molecule has 0 bridgehead atoms. The van der Waals surface area contributed by atoms with E-state index in [1.54, 1.807) is 0 Å². The van der Waals surface area contributed by atoms with Gasteiger partial charge in [-0.05, 0) is 43.2 Å². The highest BCUT2D eigenvalue weighted by atomic mass is 28.3. The van der Waals surface area contributed by atoms with E-state index >= 15 is 0 Å². The fraction of sp³-hybridized carbons (Fsp3) is 0.571. The summed E-state index contributed by atoms with van der Waals surface area (Å²) in [5, 5.41) is 1.32. The lowest BCUT2D eigenvalue weighted by molar-refractivity contribution is -0.283. The summed E-state index contributed by atoms with van der Waals surface area (Å²) in [7, 11) is -1.63. The van der Waals surface area contributed by atoms with Crippen molar-refractivity contribution in [2.75, 3.05) is 0 Å². The summed E-state index contributed by atoms with van der Waals surface area (Å²) in [4.78, 5) is 22.8. The van der Waals surface area contributed by atoms with Gasteiger partial charge in [0, 0.05) is 0 Å². The molecule has 1 aliphatic rings. The van der Waals surface area contributed by atoms with E-state index in [9.17, 15) is 4.79 Å². The van der Waals surface area contributed by atoms with Gasteiger partial charge in [0.05, 0.1) is 5.56 Å². The molecule has 3 unspecified atom stereocenters. The number of hydrogen-bond donors (Lipinski definition) is 0. The minimum Gasteiger partial charge on any atom is -0.293 e. The first kappa shape index (κ1) is 19.9. The number of carbonyl (C=O) groups is 1. The monoisotopic (exact) mass is 360 g/mol. The van der Waals surface area contributed by atoms with Crippen LogP contribution in [0.1, 0.15) is 57.3 Å². The van der Waals surface area contributed by atoms with Crippen LogP contribution in [0, 0.1) is 11.8 Å². The average Bonchev–Trinajstić information content (AvgIpc) is 2.65. The topological polar surface area (TPSA) is 35.5 Å². The van der Waals surface area contributed by atoms with Crippen molar-refractivity contribution in [3.63, 3.8) is 0 Å². The van der Waals surface area contributed by atoms with E-state index in [1.807, 2.05) is 12.1 Å². The number of hydrogen-bond acceptors (Lipinski definition) is 3. The molecule has 1 aromatic rings. The standard InChI is InChI=1S/C21H32O3Si/c1-6-25(7-2,8-3)20-13-10-18(11-14-20)21(22)24-23-19-12-9-16(4)17(5)15-19/h6,10-11,13-14,16-17,19H,1,7-9,12,15H2,2-5H3. The van der Waals surface area contributed by atoms with Gasteiger partial charge in [-0.1, -0.05) is 62.8 Å². The van der Waals surface area contributed by atoms with Gasteiger partial charge in [-0.25, -0.2) is 4.79 Å². The highest BCUT2D eigenvalue weighted by molar-refractivity contribution is 6.95. The molecule has 4 heteroatoms. The molecule has 0 aromatic heterocycles. The van der Waals surface area contributed by atoms with E-state index in [0.29, 0.717) is 11.5 Å². The van der Waals surface area contributed by atoms with Crippen LogP contribution in [-0.2, 0) is 9.78 Å². The second kappa shape index (κ2) is 8.81. The first-order valence-electron chi connectivity index (χ1n) is 9.57. The molecule has 1 saturated carbocycles. The van der Waals surface area contributed by atoms with Gasteiger partial charge < -0.3 is 0 Å². The Morgan fingerprint density at radius 2 is 1.80 bits per heavy atom. The second-order valence-corrected chi connectivity index (χ2v) is 12.2. The SMILES string of the molecule is C=C[Si](CC)(CC)c1ccc(C(=O)OOC2CCC(C)C(C)C2)cc1. The third-order valence-corrected chi connectivity index (χ3v) is 10.9. The predicted octanol–water partition coefficient (Wildman–Crippen LogP) is 5.02. The first-order valence-corrected chi connectivity index (χ1v) is 12.1. The first-order chi connectivity index (χ1) is 12.0. The van der Waals surface area contributed by atoms with Crippen molar-refractivity contribution in [1.82, 2.24) is 0 Å². The number of rotatable bonds is 7. The zero-order chi connectivity index (χ0) is 18.4. The van der Waals surface area contributed by atoms with Crippen molar-refractivity contribution in [1.29, 1.82) is 0 Å². The predicted molar refractivity (Wildman–Crippen MR) is 105 cm³/mol. The molecule has 138 valence electrons. The zero-order valence-electron chi connectivity index (χ0n) is 16.1. The molecule has 0 heterocycles. The van der Waals surface area contributed by atoms with Gasteiger partial charge in [-0.2, -0.15) is 4.89 Å². The lowest BCUT2D eigenvalue weighted by atomic mass is 9.80. The molecule has 3 atom stereocenters. The molecule has 1 aromatic carbocycles. The molecule has 0 saturated heterocycles. The molecule has 0 aliphatic heterocycles. The lowest BCUT2D eigenvalue weighted by Crippen LogP contribution is -2.44. The maximum Gasteiger partial charge on any atom is 0.373 e. The van der Waals surface area contributed by atoms with Gasteiger partial charge in [0.2, 0.25) is 0 Å². The van der Waals surface area contributed by atoms with Gasteiger partial charge in [-0.3, -0.25) is 4.89 Å². The Morgan fingerprint density at radius 1 is 1.16 bits per heavy atom. The lowest BCUT2D eigenvalue weighted by Gasteiger charge is -2.30. The van der Waals surface area contributed by atoms with Crippen molar-refractivity contribution in [3.8, 4) is 0 Å². The van der Waals surface area contributed by atoms with Crippen LogP contribution < -0.4 is 5.19 Å². The maximum absolute atomic E-state index is 12.2. The minimum atomic E-state index is -1.63. The Bertz CT molecular complexity index is 577. The van der Waals surface area contributed by atoms with Crippen LogP contribution >= 0.6 is 0 Å². The van der Waals surface area contributed by atoms with E-state index in [2.05, 4.69) is 52.1 Å². The van der Waals surface area contributed by atoms with Gasteiger partial charge >= 0.3 is 5.97 Å². The molecule has 1 aliphatic carbocycles. The van der Waals surface area contributed by atoms with Crippen molar-refractivity contribution in [2.24, 2.45) is 11.8 Å². The number of benzene rings is 1. The highest BCUT2D eigenvalue weighted by Gasteiger charge is 2.28. The van der Waals surface area contributed by atoms with Crippen molar-refractivity contribution in [2.45, 2.75) is 65.1 Å². The molecular weight excluding hydrogens is 328 g/mol. The Hall–Kier alpha value is -1.39. The van der Waals surface area contributed by atoms with E-state index in [1.165, 1.54) is 5.19 Å². The summed E-state index contributed by atoms with van der Waals surface area (Å²) >= 11 is 0. The molecule has 3 nitrogen and oxygen atoms in total. The summed E-state index contributed by atoms with van der Waals surface area (Å²) in [6.45, 7) is 13.0. The molecule has 0 radical (unpaired) electrons. The summed E-state index contributed by atoms with van der Waals surface area (Å²) in [6.07, 6.45) is 3.06. The smallest absolute Gasteiger partial charge is 0.293 e. The van der Waals surface area contributed by atoms with E-state index in [-0.39, 0.29) is 6.10 Å². The second-order valence-electron chi connectivity index (χ2n) is 7.50. The summed E-state index contributed by atoms with van der Waals surface area (Å²) in [5.74, 6) is 0.919. The quantitative estimate of drug-likeness (QED) is 0.389. The van der Waals surface area contributed by atoms with Crippen molar-refractivity contribution >= 4 is 19.2 Å². The van der Waals surface area contributed by atoms with E-state index in [4.69, 9.17) is 9.78 Å². The van der Waals surface area contributed by atoms with Crippen LogP contribution in [0.4, 0.5) is 0 Å². The molecular formula is C21H32O3Si. The Balaban J connectivity index is 1.95.